The van der Waals surface area contributed by atoms with Crippen molar-refractivity contribution < 1.29 is 14.3 Å². The van der Waals surface area contributed by atoms with Crippen molar-refractivity contribution >= 4 is 17.5 Å². The third-order valence-electron chi connectivity index (χ3n) is 3.68. The number of halogens is 1. The molecule has 2 aromatic rings. The van der Waals surface area contributed by atoms with E-state index in [1.165, 1.54) is 5.56 Å². The van der Waals surface area contributed by atoms with E-state index in [0.717, 1.165) is 11.1 Å². The van der Waals surface area contributed by atoms with E-state index in [4.69, 9.17) is 21.1 Å². The quantitative estimate of drug-likeness (QED) is 0.774. The molecule has 0 aliphatic heterocycles. The summed E-state index contributed by atoms with van der Waals surface area (Å²) in [6.07, 6.45) is 0. The van der Waals surface area contributed by atoms with Crippen LogP contribution in [0.5, 0.6) is 11.5 Å². The molecule has 0 unspecified atom stereocenters. The molecule has 0 saturated carbocycles. The summed E-state index contributed by atoms with van der Waals surface area (Å²) in [5.41, 5.74) is 3.33. The van der Waals surface area contributed by atoms with Crippen LogP contribution in [0.3, 0.4) is 0 Å². The third-order valence-corrected chi connectivity index (χ3v) is 4.09. The van der Waals surface area contributed by atoms with Gasteiger partial charge >= 0.3 is 0 Å². The lowest BCUT2D eigenvalue weighted by molar-refractivity contribution is -0.123. The maximum Gasteiger partial charge on any atom is 0.258 e. The fraction of sp³-hybridized carbons (Fsp3) is 0.316. The predicted molar refractivity (Wildman–Crippen MR) is 96.1 cm³/mol. The van der Waals surface area contributed by atoms with Gasteiger partial charge in [0.15, 0.2) is 6.61 Å². The van der Waals surface area contributed by atoms with Gasteiger partial charge in [0, 0.05) is 5.02 Å². The molecular formula is C19H22ClNO3. The number of carbonyl (C=O) groups is 1. The summed E-state index contributed by atoms with van der Waals surface area (Å²) in [5.74, 6) is 1.20. The molecule has 0 aliphatic rings. The van der Waals surface area contributed by atoms with E-state index in [9.17, 15) is 4.79 Å². The summed E-state index contributed by atoms with van der Waals surface area (Å²) in [6.45, 7) is 6.74. The van der Waals surface area contributed by atoms with E-state index in [-0.39, 0.29) is 12.5 Å². The van der Waals surface area contributed by atoms with Crippen molar-refractivity contribution in [2.45, 2.75) is 20.8 Å². The van der Waals surface area contributed by atoms with E-state index >= 15 is 0 Å². The Labute approximate surface area is 147 Å². The van der Waals surface area contributed by atoms with Crippen molar-refractivity contribution in [3.63, 3.8) is 0 Å². The van der Waals surface area contributed by atoms with Crippen molar-refractivity contribution in [3.05, 3.63) is 58.1 Å². The summed E-state index contributed by atoms with van der Waals surface area (Å²) >= 11 is 6.03. The minimum atomic E-state index is -0.182. The molecule has 1 N–H and O–H groups in total. The van der Waals surface area contributed by atoms with Crippen LogP contribution in [0.4, 0.5) is 0 Å². The first kappa shape index (κ1) is 18.1. The Hall–Kier alpha value is -2.20. The first-order valence-electron chi connectivity index (χ1n) is 7.81. The van der Waals surface area contributed by atoms with E-state index in [1.54, 1.807) is 6.07 Å². The van der Waals surface area contributed by atoms with Crippen LogP contribution in [-0.4, -0.2) is 25.7 Å². The molecule has 0 atom stereocenters. The number of benzene rings is 2. The number of carbonyl (C=O) groups excluding carboxylic acids is 1. The van der Waals surface area contributed by atoms with Crippen molar-refractivity contribution in [1.29, 1.82) is 0 Å². The zero-order chi connectivity index (χ0) is 17.5. The van der Waals surface area contributed by atoms with Crippen molar-refractivity contribution in [3.8, 4) is 11.5 Å². The maximum absolute atomic E-state index is 11.8. The Morgan fingerprint density at radius 3 is 2.29 bits per heavy atom. The van der Waals surface area contributed by atoms with E-state index in [2.05, 4.69) is 5.32 Å². The molecule has 2 rings (SSSR count). The van der Waals surface area contributed by atoms with Gasteiger partial charge in [0.25, 0.3) is 5.91 Å². The second kappa shape index (κ2) is 8.60. The summed E-state index contributed by atoms with van der Waals surface area (Å²) < 4.78 is 11.0. The number of hydrogen-bond acceptors (Lipinski definition) is 3. The van der Waals surface area contributed by atoms with Gasteiger partial charge < -0.3 is 14.8 Å². The fourth-order valence-electron chi connectivity index (χ4n) is 2.03. The average molecular weight is 348 g/mol. The van der Waals surface area contributed by atoms with Crippen molar-refractivity contribution in [2.75, 3.05) is 19.8 Å². The molecule has 0 radical (unpaired) electrons. The van der Waals surface area contributed by atoms with Gasteiger partial charge in [0.05, 0.1) is 6.54 Å². The average Bonchev–Trinajstić information content (AvgIpc) is 2.56. The molecule has 0 saturated heterocycles. The highest BCUT2D eigenvalue weighted by molar-refractivity contribution is 6.31. The van der Waals surface area contributed by atoms with Gasteiger partial charge in [-0.15, -0.1) is 0 Å². The Morgan fingerprint density at radius 2 is 1.62 bits per heavy atom. The number of aryl methyl sites for hydroxylation is 3. The Kier molecular flexibility index (Phi) is 6.50. The Morgan fingerprint density at radius 1 is 0.958 bits per heavy atom. The lowest BCUT2D eigenvalue weighted by atomic mass is 10.1. The van der Waals surface area contributed by atoms with Crippen LogP contribution in [0.25, 0.3) is 0 Å². The Bertz CT molecular complexity index is 716. The fourth-order valence-corrected chi connectivity index (χ4v) is 2.20. The molecule has 0 bridgehead atoms. The van der Waals surface area contributed by atoms with E-state index < -0.39 is 0 Å². The summed E-state index contributed by atoms with van der Waals surface area (Å²) in [6, 6.07) is 11.3. The van der Waals surface area contributed by atoms with Crippen LogP contribution in [0.1, 0.15) is 16.7 Å². The van der Waals surface area contributed by atoms with Crippen LogP contribution in [0.2, 0.25) is 5.02 Å². The van der Waals surface area contributed by atoms with Gasteiger partial charge in [0.2, 0.25) is 0 Å². The minimum absolute atomic E-state index is 0.0150. The SMILES string of the molecule is Cc1ccc(OCC(=O)NCCOc2ccc(C)c(Cl)c2)cc1C. The lowest BCUT2D eigenvalue weighted by Crippen LogP contribution is -2.32. The van der Waals surface area contributed by atoms with Gasteiger partial charge in [-0.2, -0.15) is 0 Å². The molecule has 0 aliphatic carbocycles. The van der Waals surface area contributed by atoms with Crippen LogP contribution in [0.15, 0.2) is 36.4 Å². The largest absolute Gasteiger partial charge is 0.492 e. The molecule has 0 heterocycles. The molecular weight excluding hydrogens is 326 g/mol. The van der Waals surface area contributed by atoms with Gasteiger partial charge in [-0.3, -0.25) is 4.79 Å². The summed E-state index contributed by atoms with van der Waals surface area (Å²) in [7, 11) is 0. The molecule has 0 aromatic heterocycles. The zero-order valence-corrected chi connectivity index (χ0v) is 14.9. The lowest BCUT2D eigenvalue weighted by Gasteiger charge is -2.10. The molecule has 1 amide bonds. The minimum Gasteiger partial charge on any atom is -0.492 e. The number of rotatable bonds is 7. The topological polar surface area (TPSA) is 47.6 Å². The Balaban J connectivity index is 1.67. The maximum atomic E-state index is 11.8. The number of amides is 1. The van der Waals surface area contributed by atoms with E-state index in [1.807, 2.05) is 51.1 Å². The number of nitrogens with one attached hydrogen (secondary N) is 1. The molecule has 0 fully saturated rings. The highest BCUT2D eigenvalue weighted by Gasteiger charge is 2.04. The van der Waals surface area contributed by atoms with Crippen LogP contribution in [-0.2, 0) is 4.79 Å². The molecule has 5 heteroatoms. The molecule has 4 nitrogen and oxygen atoms in total. The normalized spacial score (nSPS) is 10.3. The second-order valence-corrected chi connectivity index (χ2v) is 6.05. The molecule has 24 heavy (non-hydrogen) atoms. The van der Waals surface area contributed by atoms with Crippen LogP contribution < -0.4 is 14.8 Å². The van der Waals surface area contributed by atoms with Gasteiger partial charge in [0.1, 0.15) is 18.1 Å². The van der Waals surface area contributed by atoms with Gasteiger partial charge in [-0.25, -0.2) is 0 Å². The second-order valence-electron chi connectivity index (χ2n) is 5.64. The molecule has 2 aromatic carbocycles. The van der Waals surface area contributed by atoms with Crippen molar-refractivity contribution in [2.24, 2.45) is 0 Å². The molecule has 128 valence electrons. The van der Waals surface area contributed by atoms with Crippen LogP contribution >= 0.6 is 11.6 Å². The van der Waals surface area contributed by atoms with Gasteiger partial charge in [-0.1, -0.05) is 23.7 Å². The zero-order valence-electron chi connectivity index (χ0n) is 14.2. The highest BCUT2D eigenvalue weighted by atomic mass is 35.5. The summed E-state index contributed by atoms with van der Waals surface area (Å²) in [5, 5.41) is 3.42. The first-order valence-corrected chi connectivity index (χ1v) is 8.19. The third kappa shape index (κ3) is 5.46. The molecule has 0 spiro atoms. The highest BCUT2D eigenvalue weighted by Crippen LogP contribution is 2.21. The van der Waals surface area contributed by atoms with E-state index in [0.29, 0.717) is 29.7 Å². The van der Waals surface area contributed by atoms with Crippen LogP contribution in [0, 0.1) is 20.8 Å². The van der Waals surface area contributed by atoms with Crippen molar-refractivity contribution in [1.82, 2.24) is 5.32 Å². The smallest absolute Gasteiger partial charge is 0.258 e. The predicted octanol–water partition coefficient (Wildman–Crippen LogP) is 3.84. The number of hydrogen-bond donors (Lipinski definition) is 1. The number of ether oxygens (including phenoxy) is 2. The summed E-state index contributed by atoms with van der Waals surface area (Å²) in [4.78, 5) is 11.8. The van der Waals surface area contributed by atoms with Gasteiger partial charge in [-0.05, 0) is 61.7 Å². The first-order chi connectivity index (χ1) is 11.5. The monoisotopic (exact) mass is 347 g/mol. The standard InChI is InChI=1S/C19H22ClNO3/c1-13-4-6-16(10-15(13)3)24-12-19(22)21-8-9-23-17-7-5-14(2)18(20)11-17/h4-7,10-11H,8-9,12H2,1-3H3,(H,21,22).